The molecule has 0 fully saturated rings. The lowest BCUT2D eigenvalue weighted by atomic mass is 10.1. The van der Waals surface area contributed by atoms with E-state index in [0.29, 0.717) is 6.54 Å². The molecule has 76 valence electrons. The standard InChI is InChI=1S/C11H14ClNO/c1-8-5-3-4-6-10(8)7-13-11(14)9(2)12/h3-6,9H,7H2,1-2H3,(H,13,14). The molecule has 0 bridgehead atoms. The van der Waals surface area contributed by atoms with E-state index in [-0.39, 0.29) is 5.91 Å². The summed E-state index contributed by atoms with van der Waals surface area (Å²) >= 11 is 5.62. The summed E-state index contributed by atoms with van der Waals surface area (Å²) in [6.45, 7) is 4.23. The van der Waals surface area contributed by atoms with Crippen LogP contribution >= 0.6 is 11.6 Å². The lowest BCUT2D eigenvalue weighted by Gasteiger charge is -2.08. The minimum atomic E-state index is -0.473. The highest BCUT2D eigenvalue weighted by molar-refractivity contribution is 6.30. The number of nitrogens with one attached hydrogen (secondary N) is 1. The largest absolute Gasteiger partial charge is 0.351 e. The van der Waals surface area contributed by atoms with E-state index >= 15 is 0 Å². The highest BCUT2D eigenvalue weighted by atomic mass is 35.5. The molecule has 0 saturated heterocycles. The van der Waals surface area contributed by atoms with Crippen molar-refractivity contribution in [2.45, 2.75) is 25.8 Å². The Balaban J connectivity index is 2.54. The van der Waals surface area contributed by atoms with E-state index in [4.69, 9.17) is 11.6 Å². The van der Waals surface area contributed by atoms with Crippen LogP contribution < -0.4 is 5.32 Å². The van der Waals surface area contributed by atoms with Crippen molar-refractivity contribution in [2.75, 3.05) is 0 Å². The Morgan fingerprint density at radius 2 is 2.14 bits per heavy atom. The van der Waals surface area contributed by atoms with Gasteiger partial charge in [0.1, 0.15) is 5.38 Å². The third-order valence-corrected chi connectivity index (χ3v) is 2.27. The first-order valence-electron chi connectivity index (χ1n) is 4.57. The zero-order chi connectivity index (χ0) is 10.6. The number of rotatable bonds is 3. The van der Waals surface area contributed by atoms with Gasteiger partial charge in [-0.3, -0.25) is 4.79 Å². The van der Waals surface area contributed by atoms with Gasteiger partial charge in [-0.05, 0) is 25.0 Å². The molecule has 1 amide bonds. The number of benzene rings is 1. The fourth-order valence-electron chi connectivity index (χ4n) is 1.13. The van der Waals surface area contributed by atoms with Crippen molar-refractivity contribution in [3.8, 4) is 0 Å². The lowest BCUT2D eigenvalue weighted by molar-refractivity contribution is -0.120. The number of aryl methyl sites for hydroxylation is 1. The Morgan fingerprint density at radius 3 is 2.71 bits per heavy atom. The van der Waals surface area contributed by atoms with E-state index in [1.165, 1.54) is 5.56 Å². The van der Waals surface area contributed by atoms with E-state index < -0.39 is 5.38 Å². The van der Waals surface area contributed by atoms with Gasteiger partial charge < -0.3 is 5.32 Å². The summed E-state index contributed by atoms with van der Waals surface area (Å²) in [4.78, 5) is 11.2. The zero-order valence-electron chi connectivity index (χ0n) is 8.38. The first-order chi connectivity index (χ1) is 6.61. The van der Waals surface area contributed by atoms with E-state index in [0.717, 1.165) is 5.56 Å². The van der Waals surface area contributed by atoms with Crippen LogP contribution in [0.1, 0.15) is 18.1 Å². The highest BCUT2D eigenvalue weighted by Gasteiger charge is 2.08. The van der Waals surface area contributed by atoms with E-state index in [1.54, 1.807) is 6.92 Å². The molecule has 1 aromatic carbocycles. The molecule has 2 nitrogen and oxygen atoms in total. The van der Waals surface area contributed by atoms with Crippen LogP contribution in [-0.4, -0.2) is 11.3 Å². The number of amides is 1. The SMILES string of the molecule is Cc1ccccc1CNC(=O)C(C)Cl. The molecular formula is C11H14ClNO. The maximum Gasteiger partial charge on any atom is 0.238 e. The summed E-state index contributed by atoms with van der Waals surface area (Å²) in [5.74, 6) is -0.130. The monoisotopic (exact) mass is 211 g/mol. The number of alkyl halides is 1. The molecule has 0 aromatic heterocycles. The molecule has 0 heterocycles. The quantitative estimate of drug-likeness (QED) is 0.764. The highest BCUT2D eigenvalue weighted by Crippen LogP contribution is 2.06. The third kappa shape index (κ3) is 3.04. The van der Waals surface area contributed by atoms with E-state index in [2.05, 4.69) is 5.32 Å². The third-order valence-electron chi connectivity index (χ3n) is 2.08. The van der Waals surface area contributed by atoms with Gasteiger partial charge in [-0.2, -0.15) is 0 Å². The summed E-state index contributed by atoms with van der Waals surface area (Å²) < 4.78 is 0. The topological polar surface area (TPSA) is 29.1 Å². The van der Waals surface area contributed by atoms with Crippen LogP contribution in [0, 0.1) is 6.92 Å². The molecule has 0 aliphatic heterocycles. The van der Waals surface area contributed by atoms with E-state index in [9.17, 15) is 4.79 Å². The molecule has 0 radical (unpaired) electrons. The van der Waals surface area contributed by atoms with Crippen LogP contribution in [-0.2, 0) is 11.3 Å². The van der Waals surface area contributed by atoms with Crippen LogP contribution in [0.3, 0.4) is 0 Å². The van der Waals surface area contributed by atoms with E-state index in [1.807, 2.05) is 31.2 Å². The summed E-state index contributed by atoms with van der Waals surface area (Å²) in [6.07, 6.45) is 0. The van der Waals surface area contributed by atoms with Crippen LogP contribution in [0.15, 0.2) is 24.3 Å². The molecule has 0 aliphatic carbocycles. The maximum atomic E-state index is 11.2. The van der Waals surface area contributed by atoms with Gasteiger partial charge in [0.25, 0.3) is 0 Å². The number of carbonyl (C=O) groups excluding carboxylic acids is 1. The second-order valence-corrected chi connectivity index (χ2v) is 3.91. The van der Waals surface area contributed by atoms with Gasteiger partial charge in [0.15, 0.2) is 0 Å². The number of hydrogen-bond acceptors (Lipinski definition) is 1. The molecule has 0 spiro atoms. The number of carbonyl (C=O) groups is 1. The van der Waals surface area contributed by atoms with Gasteiger partial charge >= 0.3 is 0 Å². The molecule has 1 rings (SSSR count). The molecule has 0 saturated carbocycles. The van der Waals surface area contributed by atoms with Crippen LogP contribution in [0.5, 0.6) is 0 Å². The molecule has 1 atom stereocenters. The van der Waals surface area contributed by atoms with Crippen molar-refractivity contribution in [1.29, 1.82) is 0 Å². The van der Waals surface area contributed by atoms with Crippen LogP contribution in [0.25, 0.3) is 0 Å². The van der Waals surface area contributed by atoms with Crippen molar-refractivity contribution < 1.29 is 4.79 Å². The van der Waals surface area contributed by atoms with Crippen molar-refractivity contribution in [3.63, 3.8) is 0 Å². The smallest absolute Gasteiger partial charge is 0.238 e. The Morgan fingerprint density at radius 1 is 1.50 bits per heavy atom. The molecule has 3 heteroatoms. The van der Waals surface area contributed by atoms with Crippen molar-refractivity contribution in [1.82, 2.24) is 5.32 Å². The molecular weight excluding hydrogens is 198 g/mol. The first kappa shape index (κ1) is 11.1. The van der Waals surface area contributed by atoms with Crippen LogP contribution in [0.2, 0.25) is 0 Å². The minimum absolute atomic E-state index is 0.130. The van der Waals surface area contributed by atoms with Gasteiger partial charge in [0, 0.05) is 6.54 Å². The Labute approximate surface area is 89.3 Å². The van der Waals surface area contributed by atoms with Gasteiger partial charge in [-0.25, -0.2) is 0 Å². The van der Waals surface area contributed by atoms with Gasteiger partial charge in [0.2, 0.25) is 5.91 Å². The molecule has 1 unspecified atom stereocenters. The summed E-state index contributed by atoms with van der Waals surface area (Å²) in [6, 6.07) is 7.95. The summed E-state index contributed by atoms with van der Waals surface area (Å²) in [7, 11) is 0. The predicted molar refractivity (Wildman–Crippen MR) is 58.3 cm³/mol. The lowest BCUT2D eigenvalue weighted by Crippen LogP contribution is -2.29. The average molecular weight is 212 g/mol. The first-order valence-corrected chi connectivity index (χ1v) is 5.01. The maximum absolute atomic E-state index is 11.2. The van der Waals surface area contributed by atoms with Crippen molar-refractivity contribution in [2.24, 2.45) is 0 Å². The zero-order valence-corrected chi connectivity index (χ0v) is 9.14. The molecule has 0 aliphatic rings. The second kappa shape index (κ2) is 5.01. The normalized spacial score (nSPS) is 12.2. The Kier molecular flexibility index (Phi) is 3.96. The van der Waals surface area contributed by atoms with Crippen molar-refractivity contribution in [3.05, 3.63) is 35.4 Å². The molecule has 1 N–H and O–H groups in total. The average Bonchev–Trinajstić information content (AvgIpc) is 2.16. The summed E-state index contributed by atoms with van der Waals surface area (Å²) in [5, 5.41) is 2.30. The minimum Gasteiger partial charge on any atom is -0.351 e. The molecule has 14 heavy (non-hydrogen) atoms. The fraction of sp³-hybridized carbons (Fsp3) is 0.364. The number of hydrogen-bond donors (Lipinski definition) is 1. The molecule has 1 aromatic rings. The predicted octanol–water partition coefficient (Wildman–Crippen LogP) is 2.24. The van der Waals surface area contributed by atoms with Gasteiger partial charge in [-0.15, -0.1) is 11.6 Å². The van der Waals surface area contributed by atoms with Gasteiger partial charge in [0.05, 0.1) is 0 Å². The van der Waals surface area contributed by atoms with Crippen molar-refractivity contribution >= 4 is 17.5 Å². The number of halogens is 1. The van der Waals surface area contributed by atoms with Gasteiger partial charge in [-0.1, -0.05) is 24.3 Å². The fourth-order valence-corrected chi connectivity index (χ4v) is 1.21. The Hall–Kier alpha value is -1.02. The van der Waals surface area contributed by atoms with Crippen LogP contribution in [0.4, 0.5) is 0 Å². The second-order valence-electron chi connectivity index (χ2n) is 3.26. The summed E-state index contributed by atoms with van der Waals surface area (Å²) in [5.41, 5.74) is 2.30. The Bertz CT molecular complexity index is 323.